The molecule has 8 heteroatoms. The molecule has 0 radical (unpaired) electrons. The Morgan fingerprint density at radius 2 is 2.10 bits per heavy atom. The first kappa shape index (κ1) is 19.7. The largest absolute Gasteiger partial charge is 0.497 e. The zero-order chi connectivity index (χ0) is 21.6. The Morgan fingerprint density at radius 3 is 2.81 bits per heavy atom. The molecule has 2 aliphatic heterocycles. The van der Waals surface area contributed by atoms with E-state index in [9.17, 15) is 4.79 Å². The molecule has 31 heavy (non-hydrogen) atoms. The fourth-order valence-electron chi connectivity index (χ4n) is 4.84. The number of hydrogen-bond donors (Lipinski definition) is 0. The van der Waals surface area contributed by atoms with Crippen molar-refractivity contribution in [3.05, 3.63) is 59.7 Å². The summed E-state index contributed by atoms with van der Waals surface area (Å²) in [7, 11) is 3.71. The van der Waals surface area contributed by atoms with E-state index in [-0.39, 0.29) is 17.4 Å². The predicted octanol–water partition coefficient (Wildman–Crippen LogP) is 2.97. The van der Waals surface area contributed by atoms with Gasteiger partial charge < -0.3 is 14.2 Å². The van der Waals surface area contributed by atoms with Crippen LogP contribution in [0.4, 0.5) is 0 Å². The lowest BCUT2D eigenvalue weighted by molar-refractivity contribution is 0.0114. The van der Waals surface area contributed by atoms with Crippen LogP contribution in [-0.2, 0) is 0 Å². The number of aromatic nitrogens is 3. The molecule has 1 spiro atoms. The topological polar surface area (TPSA) is 84.6 Å². The minimum atomic E-state index is 0.0536. The van der Waals surface area contributed by atoms with Gasteiger partial charge in [0.1, 0.15) is 5.75 Å². The zero-order valence-corrected chi connectivity index (χ0v) is 17.9. The number of pyridine rings is 1. The van der Waals surface area contributed by atoms with Crippen LogP contribution >= 0.6 is 0 Å². The minimum Gasteiger partial charge on any atom is -0.497 e. The number of methoxy groups -OCH3 is 1. The first-order chi connectivity index (χ1) is 15.0. The first-order valence-electron chi connectivity index (χ1n) is 10.4. The molecule has 1 amide bonds. The molecular formula is C23H25N5O3. The molecule has 0 bridgehead atoms. The van der Waals surface area contributed by atoms with Crippen LogP contribution in [0.1, 0.15) is 34.3 Å². The molecule has 8 nitrogen and oxygen atoms in total. The molecule has 0 aliphatic carbocycles. The molecule has 1 aromatic carbocycles. The lowest BCUT2D eigenvalue weighted by atomic mass is 9.77. The van der Waals surface area contributed by atoms with Gasteiger partial charge in [-0.05, 0) is 56.3 Å². The number of carbonyl (C=O) groups is 1. The Morgan fingerprint density at radius 1 is 1.26 bits per heavy atom. The second-order valence-corrected chi connectivity index (χ2v) is 8.68. The number of benzene rings is 1. The van der Waals surface area contributed by atoms with Crippen molar-refractivity contribution < 1.29 is 14.1 Å². The van der Waals surface area contributed by atoms with Gasteiger partial charge in [-0.3, -0.25) is 14.7 Å². The smallest absolute Gasteiger partial charge is 0.254 e. The molecule has 1 atom stereocenters. The van der Waals surface area contributed by atoms with Crippen molar-refractivity contribution in [3.63, 3.8) is 0 Å². The summed E-state index contributed by atoms with van der Waals surface area (Å²) in [4.78, 5) is 25.9. The fourth-order valence-corrected chi connectivity index (χ4v) is 4.84. The van der Waals surface area contributed by atoms with E-state index in [4.69, 9.17) is 9.26 Å². The summed E-state index contributed by atoms with van der Waals surface area (Å²) in [5, 5.41) is 4.14. The van der Waals surface area contributed by atoms with Gasteiger partial charge in [-0.2, -0.15) is 4.98 Å². The van der Waals surface area contributed by atoms with Gasteiger partial charge in [-0.15, -0.1) is 0 Å². The highest BCUT2D eigenvalue weighted by Crippen LogP contribution is 2.48. The maximum atomic E-state index is 13.0. The summed E-state index contributed by atoms with van der Waals surface area (Å²) in [6, 6.07) is 9.41. The quantitative estimate of drug-likeness (QED) is 0.643. The summed E-state index contributed by atoms with van der Waals surface area (Å²) >= 11 is 0. The van der Waals surface area contributed by atoms with Gasteiger partial charge in [0.15, 0.2) is 0 Å². The highest BCUT2D eigenvalue weighted by molar-refractivity contribution is 5.96. The standard InChI is InChI=1S/C23H25N5O3/c1-15-9-17(30-3)6-7-18(15)22(29)28-13-23(14-28)10-19(27(2)12-23)21-25-20(26-31-21)16-5-4-8-24-11-16/h4-9,11,19H,10,12-14H2,1-3H3. The number of likely N-dealkylation sites (tertiary alicyclic amines) is 2. The Hall–Kier alpha value is -3.26. The van der Waals surface area contributed by atoms with E-state index < -0.39 is 0 Å². The molecule has 5 rings (SSSR count). The molecule has 160 valence electrons. The van der Waals surface area contributed by atoms with E-state index in [0.29, 0.717) is 11.7 Å². The van der Waals surface area contributed by atoms with Crippen molar-refractivity contribution >= 4 is 5.91 Å². The van der Waals surface area contributed by atoms with Crippen LogP contribution in [0.25, 0.3) is 11.4 Å². The lowest BCUT2D eigenvalue weighted by Crippen LogP contribution is -2.59. The summed E-state index contributed by atoms with van der Waals surface area (Å²) in [5.74, 6) is 2.01. The molecular weight excluding hydrogens is 394 g/mol. The average molecular weight is 419 g/mol. The van der Waals surface area contributed by atoms with Crippen LogP contribution < -0.4 is 4.74 Å². The summed E-state index contributed by atoms with van der Waals surface area (Å²) < 4.78 is 10.8. The van der Waals surface area contributed by atoms with E-state index in [1.807, 2.05) is 42.2 Å². The molecule has 0 saturated carbocycles. The second kappa shape index (κ2) is 7.46. The third-order valence-electron chi connectivity index (χ3n) is 6.39. The number of hydrogen-bond acceptors (Lipinski definition) is 7. The van der Waals surface area contributed by atoms with Gasteiger partial charge in [-0.1, -0.05) is 5.16 Å². The molecule has 4 heterocycles. The average Bonchev–Trinajstić information content (AvgIpc) is 3.37. The Labute approximate surface area is 180 Å². The monoisotopic (exact) mass is 419 g/mol. The summed E-state index contributed by atoms with van der Waals surface area (Å²) in [6.07, 6.45) is 4.34. The van der Waals surface area contributed by atoms with Gasteiger partial charge in [0, 0.05) is 48.6 Å². The molecule has 2 aliphatic rings. The Kier molecular flexibility index (Phi) is 4.74. The third kappa shape index (κ3) is 3.46. The van der Waals surface area contributed by atoms with Crippen LogP contribution in [0, 0.1) is 12.3 Å². The van der Waals surface area contributed by atoms with Crippen molar-refractivity contribution in [2.75, 3.05) is 33.8 Å². The highest BCUT2D eigenvalue weighted by atomic mass is 16.5. The maximum Gasteiger partial charge on any atom is 0.254 e. The SMILES string of the molecule is COc1ccc(C(=O)N2CC3(CC(c4nc(-c5cccnc5)no4)N(C)C3)C2)c(C)c1. The van der Waals surface area contributed by atoms with Crippen molar-refractivity contribution in [1.29, 1.82) is 0 Å². The van der Waals surface area contributed by atoms with E-state index >= 15 is 0 Å². The normalized spacial score (nSPS) is 20.1. The molecule has 2 saturated heterocycles. The number of ether oxygens (including phenoxy) is 1. The number of carbonyl (C=O) groups excluding carboxylic acids is 1. The molecule has 3 aromatic rings. The second-order valence-electron chi connectivity index (χ2n) is 8.68. The molecule has 2 aromatic heterocycles. The van der Waals surface area contributed by atoms with Crippen LogP contribution in [-0.4, -0.2) is 64.6 Å². The summed E-state index contributed by atoms with van der Waals surface area (Å²) in [5.41, 5.74) is 2.57. The number of nitrogens with zero attached hydrogens (tertiary/aromatic N) is 5. The lowest BCUT2D eigenvalue weighted by Gasteiger charge is -2.48. The van der Waals surface area contributed by atoms with E-state index in [1.165, 1.54) is 0 Å². The first-order valence-corrected chi connectivity index (χ1v) is 10.4. The van der Waals surface area contributed by atoms with E-state index in [0.717, 1.165) is 48.5 Å². The number of aryl methyl sites for hydroxylation is 1. The van der Waals surface area contributed by atoms with Crippen LogP contribution in [0.5, 0.6) is 5.75 Å². The van der Waals surface area contributed by atoms with Crippen molar-refractivity contribution in [3.8, 4) is 17.1 Å². The van der Waals surface area contributed by atoms with Crippen LogP contribution in [0.15, 0.2) is 47.2 Å². The van der Waals surface area contributed by atoms with Gasteiger partial charge >= 0.3 is 0 Å². The number of rotatable bonds is 4. The van der Waals surface area contributed by atoms with Gasteiger partial charge in [-0.25, -0.2) is 0 Å². The van der Waals surface area contributed by atoms with E-state index in [1.54, 1.807) is 19.5 Å². The maximum absolute atomic E-state index is 13.0. The minimum absolute atomic E-state index is 0.0536. The Bertz CT molecular complexity index is 1110. The van der Waals surface area contributed by atoms with Crippen molar-refractivity contribution in [1.82, 2.24) is 24.9 Å². The highest BCUT2D eigenvalue weighted by Gasteiger charge is 2.53. The number of amides is 1. The molecule has 0 N–H and O–H groups in total. The van der Waals surface area contributed by atoms with Gasteiger partial charge in [0.2, 0.25) is 11.7 Å². The fraction of sp³-hybridized carbons (Fsp3) is 0.391. The van der Waals surface area contributed by atoms with E-state index in [2.05, 4.69) is 27.1 Å². The van der Waals surface area contributed by atoms with Gasteiger partial charge in [0.05, 0.1) is 13.2 Å². The van der Waals surface area contributed by atoms with Gasteiger partial charge in [0.25, 0.3) is 5.91 Å². The zero-order valence-electron chi connectivity index (χ0n) is 17.9. The predicted molar refractivity (Wildman–Crippen MR) is 114 cm³/mol. The van der Waals surface area contributed by atoms with Crippen molar-refractivity contribution in [2.45, 2.75) is 19.4 Å². The summed E-state index contributed by atoms with van der Waals surface area (Å²) in [6.45, 7) is 4.32. The third-order valence-corrected chi connectivity index (χ3v) is 6.39. The van der Waals surface area contributed by atoms with Crippen LogP contribution in [0.3, 0.4) is 0 Å². The van der Waals surface area contributed by atoms with Crippen molar-refractivity contribution in [2.24, 2.45) is 5.41 Å². The molecule has 2 fully saturated rings. The van der Waals surface area contributed by atoms with Crippen LogP contribution in [0.2, 0.25) is 0 Å². The molecule has 1 unspecified atom stereocenters. The Balaban J connectivity index is 1.27.